The van der Waals surface area contributed by atoms with E-state index in [-0.39, 0.29) is 42.2 Å². The standard InChI is InChI=1S/C20H38N8O3/c1-21-20(30)16-14(9-15(25-26-16)24-19(29)11-7-8-11)23-13-6-4-5-12(17(13)31-3)18-22-10-28(2)27-18/h11-18,22-23,25-27H,4-10H2,1-3H3,(H,21,30)(H,24,29)/i1D3. The molecule has 0 aromatic carbocycles. The lowest BCUT2D eigenvalue weighted by Gasteiger charge is -2.44. The number of hydrazine groups is 2. The van der Waals surface area contributed by atoms with Gasteiger partial charge in [-0.1, -0.05) is 6.42 Å². The first-order chi connectivity index (χ1) is 16.1. The molecule has 7 atom stereocenters. The van der Waals surface area contributed by atoms with Crippen LogP contribution in [0.2, 0.25) is 0 Å². The topological polar surface area (TPSA) is 131 Å². The molecule has 31 heavy (non-hydrogen) atoms. The fraction of sp³-hybridized carbons (Fsp3) is 0.900. The number of hydrogen-bond acceptors (Lipinski definition) is 9. The van der Waals surface area contributed by atoms with Gasteiger partial charge in [0.05, 0.1) is 25.1 Å². The van der Waals surface area contributed by atoms with E-state index in [4.69, 9.17) is 8.85 Å². The predicted molar refractivity (Wildman–Crippen MR) is 115 cm³/mol. The molecule has 2 saturated carbocycles. The summed E-state index contributed by atoms with van der Waals surface area (Å²) in [6.07, 6.45) is 4.69. The van der Waals surface area contributed by atoms with Crippen molar-refractivity contribution in [2.24, 2.45) is 11.8 Å². The summed E-state index contributed by atoms with van der Waals surface area (Å²) < 4.78 is 28.2. The predicted octanol–water partition coefficient (Wildman–Crippen LogP) is -2.08. The van der Waals surface area contributed by atoms with Crippen LogP contribution in [0.3, 0.4) is 0 Å². The van der Waals surface area contributed by atoms with Gasteiger partial charge in [0.2, 0.25) is 11.8 Å². The van der Waals surface area contributed by atoms with Gasteiger partial charge in [-0.15, -0.1) is 0 Å². The van der Waals surface area contributed by atoms with Crippen molar-refractivity contribution in [2.45, 2.75) is 75.1 Å². The third-order valence-electron chi connectivity index (χ3n) is 6.88. The van der Waals surface area contributed by atoms with Gasteiger partial charge < -0.3 is 20.7 Å². The molecule has 7 N–H and O–H groups in total. The molecule has 2 heterocycles. The van der Waals surface area contributed by atoms with E-state index in [9.17, 15) is 9.59 Å². The van der Waals surface area contributed by atoms with E-state index in [2.05, 4.69) is 37.5 Å². The number of nitrogens with one attached hydrogen (secondary N) is 7. The van der Waals surface area contributed by atoms with E-state index in [1.807, 2.05) is 12.1 Å². The van der Waals surface area contributed by atoms with Gasteiger partial charge in [-0.25, -0.2) is 21.3 Å². The number of ether oxygens (including phenoxy) is 1. The van der Waals surface area contributed by atoms with Crippen molar-refractivity contribution >= 4 is 11.8 Å². The molecule has 176 valence electrons. The van der Waals surface area contributed by atoms with Crippen molar-refractivity contribution in [3.63, 3.8) is 0 Å². The highest BCUT2D eigenvalue weighted by atomic mass is 16.5. The minimum absolute atomic E-state index is 0.00144. The summed E-state index contributed by atoms with van der Waals surface area (Å²) in [5.41, 5.74) is 9.34. The summed E-state index contributed by atoms with van der Waals surface area (Å²) in [6.45, 7) is -1.84. The van der Waals surface area contributed by atoms with Gasteiger partial charge in [0.15, 0.2) is 0 Å². The third kappa shape index (κ3) is 5.36. The number of nitrogens with zero attached hydrogens (tertiary/aromatic N) is 1. The molecule has 2 aliphatic heterocycles. The van der Waals surface area contributed by atoms with Crippen molar-refractivity contribution in [1.29, 1.82) is 0 Å². The molecule has 7 unspecified atom stereocenters. The van der Waals surface area contributed by atoms with Crippen LogP contribution in [-0.4, -0.2) is 81.2 Å². The Morgan fingerprint density at radius 1 is 1.13 bits per heavy atom. The molecule has 2 saturated heterocycles. The second-order valence-corrected chi connectivity index (χ2v) is 9.17. The molecule has 0 radical (unpaired) electrons. The maximum absolute atomic E-state index is 12.8. The van der Waals surface area contributed by atoms with Crippen LogP contribution in [0.5, 0.6) is 0 Å². The van der Waals surface area contributed by atoms with Gasteiger partial charge in [0, 0.05) is 49.2 Å². The van der Waals surface area contributed by atoms with Crippen molar-refractivity contribution in [3.8, 4) is 0 Å². The fourth-order valence-electron chi connectivity index (χ4n) is 5.12. The van der Waals surface area contributed by atoms with Gasteiger partial charge in [0.1, 0.15) is 6.04 Å². The largest absolute Gasteiger partial charge is 0.379 e. The first kappa shape index (κ1) is 19.2. The Labute approximate surface area is 188 Å². The molecule has 11 heteroatoms. The molecular formula is C20H38N8O3. The maximum Gasteiger partial charge on any atom is 0.239 e. The van der Waals surface area contributed by atoms with Gasteiger partial charge in [-0.3, -0.25) is 14.9 Å². The lowest BCUT2D eigenvalue weighted by molar-refractivity contribution is -0.126. The van der Waals surface area contributed by atoms with E-state index in [0.29, 0.717) is 6.42 Å². The smallest absolute Gasteiger partial charge is 0.239 e. The minimum Gasteiger partial charge on any atom is -0.379 e. The van der Waals surface area contributed by atoms with Crippen molar-refractivity contribution in [1.82, 2.24) is 42.6 Å². The van der Waals surface area contributed by atoms with Gasteiger partial charge in [-0.2, -0.15) is 0 Å². The highest BCUT2D eigenvalue weighted by molar-refractivity contribution is 5.83. The van der Waals surface area contributed by atoms with Crippen molar-refractivity contribution in [3.05, 3.63) is 0 Å². The molecule has 4 rings (SSSR count). The van der Waals surface area contributed by atoms with Crippen LogP contribution in [0.25, 0.3) is 0 Å². The van der Waals surface area contributed by atoms with Crippen LogP contribution in [0.4, 0.5) is 0 Å². The van der Waals surface area contributed by atoms with Crippen LogP contribution in [-0.2, 0) is 14.3 Å². The molecule has 4 aliphatic rings. The van der Waals surface area contributed by atoms with Crippen LogP contribution >= 0.6 is 0 Å². The first-order valence-corrected chi connectivity index (χ1v) is 11.3. The Hall–Kier alpha value is -1.34. The second kappa shape index (κ2) is 10.1. The number of amides is 2. The van der Waals surface area contributed by atoms with Gasteiger partial charge in [-0.05, 0) is 32.1 Å². The summed E-state index contributed by atoms with van der Waals surface area (Å²) in [7, 11) is 3.69. The first-order valence-electron chi connectivity index (χ1n) is 12.8. The molecular weight excluding hydrogens is 400 g/mol. The maximum atomic E-state index is 12.8. The minimum atomic E-state index is -2.59. The zero-order chi connectivity index (χ0) is 24.5. The normalized spacial score (nSPS) is 41.1. The Kier molecular flexibility index (Phi) is 6.22. The zero-order valence-electron chi connectivity index (χ0n) is 21.2. The third-order valence-corrected chi connectivity index (χ3v) is 6.88. The lowest BCUT2D eigenvalue weighted by Crippen LogP contribution is -2.71. The second-order valence-electron chi connectivity index (χ2n) is 9.17. The average molecular weight is 442 g/mol. The Balaban J connectivity index is 1.46. The molecule has 0 spiro atoms. The monoisotopic (exact) mass is 441 g/mol. The summed E-state index contributed by atoms with van der Waals surface area (Å²) >= 11 is 0. The number of hydrogen-bond donors (Lipinski definition) is 7. The molecule has 11 nitrogen and oxygen atoms in total. The van der Waals surface area contributed by atoms with E-state index in [0.717, 1.165) is 38.8 Å². The molecule has 0 aromatic heterocycles. The van der Waals surface area contributed by atoms with Crippen LogP contribution < -0.4 is 37.5 Å². The van der Waals surface area contributed by atoms with E-state index in [1.54, 1.807) is 7.11 Å². The highest BCUT2D eigenvalue weighted by Gasteiger charge is 2.43. The molecule has 2 amide bonds. The number of rotatable bonds is 7. The number of carbonyl (C=O) groups excluding carboxylic acids is 2. The summed E-state index contributed by atoms with van der Waals surface area (Å²) in [6, 6.07) is -1.28. The molecule has 0 aromatic rings. The average Bonchev–Trinajstić information content (AvgIpc) is 3.53. The van der Waals surface area contributed by atoms with Crippen LogP contribution in [0.1, 0.15) is 42.6 Å². The zero-order valence-corrected chi connectivity index (χ0v) is 18.2. The Morgan fingerprint density at radius 3 is 2.65 bits per heavy atom. The molecule has 0 bridgehead atoms. The van der Waals surface area contributed by atoms with Gasteiger partial charge in [0.25, 0.3) is 0 Å². The number of carbonyl (C=O) groups is 2. The Bertz CT molecular complexity index is 740. The quantitative estimate of drug-likeness (QED) is 0.238. The lowest BCUT2D eigenvalue weighted by atomic mass is 9.80. The van der Waals surface area contributed by atoms with Crippen molar-refractivity contribution < 1.29 is 18.4 Å². The SMILES string of the molecule is [2H]C([2H])([2H])NC(=O)C1NNC(NC(=O)C2CC2)CC1NC1CCCC(C2NCN(C)N2)C1OC. The number of likely N-dealkylation sites (N-methyl/N-ethyl adjacent to an activating group) is 1. The highest BCUT2D eigenvalue weighted by Crippen LogP contribution is 2.31. The van der Waals surface area contributed by atoms with Gasteiger partial charge >= 0.3 is 0 Å². The van der Waals surface area contributed by atoms with E-state index in [1.165, 1.54) is 0 Å². The molecule has 4 fully saturated rings. The van der Waals surface area contributed by atoms with E-state index >= 15 is 0 Å². The summed E-state index contributed by atoms with van der Waals surface area (Å²) in [5.74, 6) is -0.348. The fourth-order valence-corrected chi connectivity index (χ4v) is 5.12. The van der Waals surface area contributed by atoms with E-state index < -0.39 is 25.0 Å². The Morgan fingerprint density at radius 2 is 1.97 bits per heavy atom. The van der Waals surface area contributed by atoms with Crippen LogP contribution in [0.15, 0.2) is 0 Å². The van der Waals surface area contributed by atoms with Crippen LogP contribution in [0, 0.1) is 11.8 Å². The molecule has 2 aliphatic carbocycles. The summed E-state index contributed by atoms with van der Waals surface area (Å²) in [4.78, 5) is 25.1. The summed E-state index contributed by atoms with van der Waals surface area (Å²) in [5, 5.41) is 14.2. The number of methoxy groups -OCH3 is 1. The van der Waals surface area contributed by atoms with Crippen molar-refractivity contribution in [2.75, 3.05) is 27.8 Å².